The lowest BCUT2D eigenvalue weighted by Crippen LogP contribution is -2.49. The first-order valence-electron chi connectivity index (χ1n) is 10.9. The van der Waals surface area contributed by atoms with E-state index < -0.39 is 0 Å². The van der Waals surface area contributed by atoms with Crippen LogP contribution in [-0.4, -0.2) is 59.9 Å². The maximum absolute atomic E-state index is 12.8. The molecular weight excluding hydrogens is 370 g/mol. The predicted octanol–water partition coefficient (Wildman–Crippen LogP) is 3.98. The molecular formula is C22H35N3O2S. The molecule has 1 saturated heterocycles. The highest BCUT2D eigenvalue weighted by Crippen LogP contribution is 2.27. The van der Waals surface area contributed by atoms with Crippen LogP contribution >= 0.6 is 11.8 Å². The number of hydrogen-bond acceptors (Lipinski definition) is 5. The van der Waals surface area contributed by atoms with Crippen molar-refractivity contribution in [1.82, 2.24) is 15.2 Å². The van der Waals surface area contributed by atoms with Crippen LogP contribution in [0.25, 0.3) is 0 Å². The van der Waals surface area contributed by atoms with Crippen LogP contribution in [0.15, 0.2) is 23.4 Å². The third-order valence-electron chi connectivity index (χ3n) is 5.87. The van der Waals surface area contributed by atoms with E-state index in [0.29, 0.717) is 17.6 Å². The first kappa shape index (κ1) is 21.6. The van der Waals surface area contributed by atoms with Crippen LogP contribution < -0.4 is 5.32 Å². The van der Waals surface area contributed by atoms with Crippen LogP contribution in [0.1, 0.15) is 62.7 Å². The molecule has 28 heavy (non-hydrogen) atoms. The Morgan fingerprint density at radius 3 is 2.86 bits per heavy atom. The van der Waals surface area contributed by atoms with Crippen molar-refractivity contribution in [3.63, 3.8) is 0 Å². The second-order valence-corrected chi connectivity index (χ2v) is 9.21. The van der Waals surface area contributed by atoms with Gasteiger partial charge in [-0.1, -0.05) is 19.8 Å². The highest BCUT2D eigenvalue weighted by molar-refractivity contribution is 7.99. The van der Waals surface area contributed by atoms with Gasteiger partial charge in [0.15, 0.2) is 0 Å². The molecule has 1 aliphatic carbocycles. The van der Waals surface area contributed by atoms with Gasteiger partial charge >= 0.3 is 0 Å². The van der Waals surface area contributed by atoms with Crippen molar-refractivity contribution in [2.45, 2.75) is 69.5 Å². The van der Waals surface area contributed by atoms with Crippen molar-refractivity contribution in [1.29, 1.82) is 0 Å². The highest BCUT2D eigenvalue weighted by Gasteiger charge is 2.30. The Labute approximate surface area is 174 Å². The average molecular weight is 406 g/mol. The summed E-state index contributed by atoms with van der Waals surface area (Å²) in [6.45, 7) is 8.23. The lowest BCUT2D eigenvalue weighted by atomic mass is 9.83. The standard InChI is InChI=1S/C22H35N3O2S/c1-3-27-19-9-7-13-25(16-19)15-18-8-5-6-10-20(18)24-22(26)17-11-12-21(23-14-17)28-4-2/h11-12,14,18-20H,3-10,13,15-16H2,1-2H3,(H,24,26)/t18?,19-,20+/m1/s1. The molecule has 156 valence electrons. The summed E-state index contributed by atoms with van der Waals surface area (Å²) in [5.74, 6) is 1.53. The minimum absolute atomic E-state index is 0.0169. The van der Waals surface area contributed by atoms with Crippen LogP contribution in [0.2, 0.25) is 0 Å². The molecule has 2 heterocycles. The number of carbonyl (C=O) groups excluding carboxylic acids is 1. The smallest absolute Gasteiger partial charge is 0.253 e. The van der Waals surface area contributed by atoms with Crippen molar-refractivity contribution in [3.05, 3.63) is 23.9 Å². The fourth-order valence-corrected chi connectivity index (χ4v) is 5.09. The molecule has 3 rings (SSSR count). The quantitative estimate of drug-likeness (QED) is 0.663. The first-order chi connectivity index (χ1) is 13.7. The Hall–Kier alpha value is -1.11. The number of likely N-dealkylation sites (tertiary alicyclic amines) is 1. The van der Waals surface area contributed by atoms with Crippen LogP contribution in [0, 0.1) is 5.92 Å². The van der Waals surface area contributed by atoms with E-state index >= 15 is 0 Å². The summed E-state index contributed by atoms with van der Waals surface area (Å²) in [6.07, 6.45) is 9.22. The number of hydrogen-bond donors (Lipinski definition) is 1. The number of amides is 1. The monoisotopic (exact) mass is 405 g/mol. The topological polar surface area (TPSA) is 54.5 Å². The van der Waals surface area contributed by atoms with Gasteiger partial charge in [0.25, 0.3) is 5.91 Å². The molecule has 6 heteroatoms. The zero-order chi connectivity index (χ0) is 19.8. The van der Waals surface area contributed by atoms with E-state index in [-0.39, 0.29) is 11.9 Å². The van der Waals surface area contributed by atoms with Crippen molar-refractivity contribution >= 4 is 17.7 Å². The summed E-state index contributed by atoms with van der Waals surface area (Å²) in [5, 5.41) is 4.29. The summed E-state index contributed by atoms with van der Waals surface area (Å²) in [5.41, 5.74) is 0.666. The van der Waals surface area contributed by atoms with Gasteiger partial charge in [0, 0.05) is 31.9 Å². The van der Waals surface area contributed by atoms with Crippen molar-refractivity contribution in [2.24, 2.45) is 5.92 Å². The van der Waals surface area contributed by atoms with E-state index in [1.165, 1.54) is 32.1 Å². The normalized spacial score (nSPS) is 26.1. The maximum atomic E-state index is 12.8. The van der Waals surface area contributed by atoms with Crippen molar-refractivity contribution < 1.29 is 9.53 Å². The van der Waals surface area contributed by atoms with Crippen molar-refractivity contribution in [3.8, 4) is 0 Å². The number of ether oxygens (including phenoxy) is 1. The summed E-state index contributed by atoms with van der Waals surface area (Å²) >= 11 is 1.70. The molecule has 1 aliphatic heterocycles. The summed E-state index contributed by atoms with van der Waals surface area (Å²) < 4.78 is 5.86. The Morgan fingerprint density at radius 2 is 2.11 bits per heavy atom. The lowest BCUT2D eigenvalue weighted by molar-refractivity contribution is -0.00150. The van der Waals surface area contributed by atoms with Crippen molar-refractivity contribution in [2.75, 3.05) is 32.0 Å². The number of rotatable bonds is 8. The molecule has 0 spiro atoms. The molecule has 1 aromatic heterocycles. The second-order valence-electron chi connectivity index (χ2n) is 7.92. The van der Waals surface area contributed by atoms with E-state index in [1.54, 1.807) is 18.0 Å². The third kappa shape index (κ3) is 6.19. The first-order valence-corrected chi connectivity index (χ1v) is 11.9. The molecule has 3 atom stereocenters. The number of carbonyl (C=O) groups is 1. The van der Waals surface area contributed by atoms with E-state index in [0.717, 1.165) is 43.4 Å². The zero-order valence-electron chi connectivity index (χ0n) is 17.4. The Morgan fingerprint density at radius 1 is 1.25 bits per heavy atom. The van der Waals surface area contributed by atoms with E-state index in [4.69, 9.17) is 4.74 Å². The molecule has 2 aliphatic rings. The van der Waals surface area contributed by atoms with E-state index in [2.05, 4.69) is 29.0 Å². The van der Waals surface area contributed by atoms with Crippen LogP contribution in [-0.2, 0) is 4.74 Å². The minimum atomic E-state index is 0.0169. The summed E-state index contributed by atoms with van der Waals surface area (Å²) in [6, 6.07) is 4.11. The Bertz CT molecular complexity index is 608. The fraction of sp³-hybridized carbons (Fsp3) is 0.727. The molecule has 1 N–H and O–H groups in total. The van der Waals surface area contributed by atoms with Crippen LogP contribution in [0.5, 0.6) is 0 Å². The van der Waals surface area contributed by atoms with Crippen LogP contribution in [0.3, 0.4) is 0 Å². The van der Waals surface area contributed by atoms with Crippen LogP contribution in [0.4, 0.5) is 0 Å². The number of pyridine rings is 1. The Kier molecular flexibility index (Phi) is 8.62. The molecule has 0 bridgehead atoms. The van der Waals surface area contributed by atoms with Gasteiger partial charge in [0.2, 0.25) is 0 Å². The predicted molar refractivity (Wildman–Crippen MR) is 115 cm³/mol. The minimum Gasteiger partial charge on any atom is -0.377 e. The molecule has 1 amide bonds. The third-order valence-corrected chi connectivity index (χ3v) is 6.70. The molecule has 1 saturated carbocycles. The van der Waals surface area contributed by atoms with E-state index in [9.17, 15) is 4.79 Å². The Balaban J connectivity index is 1.56. The number of nitrogens with zero attached hydrogens (tertiary/aromatic N) is 2. The maximum Gasteiger partial charge on any atom is 0.253 e. The van der Waals surface area contributed by atoms with Gasteiger partial charge < -0.3 is 15.0 Å². The van der Waals surface area contributed by atoms with Gasteiger partial charge in [0.05, 0.1) is 16.7 Å². The average Bonchev–Trinajstić information content (AvgIpc) is 2.71. The van der Waals surface area contributed by atoms with Gasteiger partial charge in [-0.05, 0) is 63.0 Å². The second kappa shape index (κ2) is 11.2. The molecule has 0 aromatic carbocycles. The summed E-state index contributed by atoms with van der Waals surface area (Å²) in [7, 11) is 0. The SMILES string of the molecule is CCO[C@@H]1CCCN(CC2CCCC[C@@H]2NC(=O)c2ccc(SCC)nc2)C1. The van der Waals surface area contributed by atoms with E-state index in [1.807, 2.05) is 12.1 Å². The summed E-state index contributed by atoms with van der Waals surface area (Å²) in [4.78, 5) is 19.7. The van der Waals surface area contributed by atoms with Gasteiger partial charge in [-0.3, -0.25) is 4.79 Å². The zero-order valence-corrected chi connectivity index (χ0v) is 18.2. The number of thioether (sulfide) groups is 1. The number of aromatic nitrogens is 1. The molecule has 2 fully saturated rings. The van der Waals surface area contributed by atoms with Gasteiger partial charge in [-0.2, -0.15) is 0 Å². The van der Waals surface area contributed by atoms with Gasteiger partial charge in [0.1, 0.15) is 0 Å². The molecule has 0 radical (unpaired) electrons. The largest absolute Gasteiger partial charge is 0.377 e. The van der Waals surface area contributed by atoms with Gasteiger partial charge in [-0.25, -0.2) is 4.98 Å². The lowest BCUT2D eigenvalue weighted by Gasteiger charge is -2.39. The van der Waals surface area contributed by atoms with Gasteiger partial charge in [-0.15, -0.1) is 11.8 Å². The number of piperidine rings is 1. The molecule has 5 nitrogen and oxygen atoms in total. The highest BCUT2D eigenvalue weighted by atomic mass is 32.2. The molecule has 1 unspecified atom stereocenters. The fourth-order valence-electron chi connectivity index (χ4n) is 4.50. The number of nitrogens with one attached hydrogen (secondary N) is 1. The molecule has 1 aromatic rings.